The quantitative estimate of drug-likeness (QED) is 0.484. The number of sulfonamides is 1. The fourth-order valence-corrected chi connectivity index (χ4v) is 5.62. The molecule has 1 saturated heterocycles. The van der Waals surface area contributed by atoms with Crippen LogP contribution in [0.1, 0.15) is 41.0 Å². The Morgan fingerprint density at radius 3 is 2.03 bits per heavy atom. The second kappa shape index (κ2) is 8.79. The Morgan fingerprint density at radius 1 is 0.871 bits per heavy atom. The van der Waals surface area contributed by atoms with Gasteiger partial charge in [0.25, 0.3) is 0 Å². The third-order valence-corrected chi connectivity index (χ3v) is 7.59. The lowest BCUT2D eigenvalue weighted by Crippen LogP contribution is -2.47. The molecule has 1 heterocycles. The van der Waals surface area contributed by atoms with Crippen LogP contribution < -0.4 is 0 Å². The minimum atomic E-state index is -3.81. The van der Waals surface area contributed by atoms with Crippen molar-refractivity contribution in [2.75, 3.05) is 0 Å². The third kappa shape index (κ3) is 4.35. The first-order valence-corrected chi connectivity index (χ1v) is 11.8. The fraction of sp³-hybridized carbons (Fsp3) is 0.231. The standard InChI is InChI=1S/C26H27NO3S/c1-4-23-18-25(21-14-10-19(2)11-15-21)30-26(22-8-6-5-7-9-22)27(23)31(28,29)24-16-12-20(3)13-17-24/h4-17,23,25-26H,1,18H2,2-3H3/t23-,25-,26?/m0/s1. The monoisotopic (exact) mass is 433 g/mol. The number of rotatable bonds is 5. The molecule has 0 aliphatic carbocycles. The van der Waals surface area contributed by atoms with E-state index in [1.807, 2.05) is 68.4 Å². The van der Waals surface area contributed by atoms with Gasteiger partial charge in [0.1, 0.15) is 0 Å². The zero-order valence-corrected chi connectivity index (χ0v) is 18.6. The summed E-state index contributed by atoms with van der Waals surface area (Å²) in [5.74, 6) is 0. The van der Waals surface area contributed by atoms with Crippen molar-refractivity contribution in [1.82, 2.24) is 4.31 Å². The smallest absolute Gasteiger partial charge is 0.246 e. The molecule has 1 fully saturated rings. The summed E-state index contributed by atoms with van der Waals surface area (Å²) < 4.78 is 35.4. The first-order valence-electron chi connectivity index (χ1n) is 10.4. The van der Waals surface area contributed by atoms with Gasteiger partial charge in [-0.15, -0.1) is 6.58 Å². The molecule has 5 heteroatoms. The van der Waals surface area contributed by atoms with Crippen LogP contribution in [-0.2, 0) is 14.8 Å². The molecular formula is C26H27NO3S. The molecule has 4 rings (SSSR count). The van der Waals surface area contributed by atoms with Gasteiger partial charge in [-0.3, -0.25) is 0 Å². The van der Waals surface area contributed by atoms with Gasteiger partial charge in [0.05, 0.1) is 11.0 Å². The van der Waals surface area contributed by atoms with Crippen molar-refractivity contribution in [3.8, 4) is 0 Å². The molecule has 1 unspecified atom stereocenters. The number of hydrogen-bond acceptors (Lipinski definition) is 3. The molecule has 3 aromatic carbocycles. The first-order chi connectivity index (χ1) is 14.9. The number of ether oxygens (including phenoxy) is 1. The molecule has 3 aromatic rings. The highest BCUT2D eigenvalue weighted by molar-refractivity contribution is 7.89. The molecule has 0 aromatic heterocycles. The largest absolute Gasteiger partial charge is 0.350 e. The molecule has 0 saturated carbocycles. The Bertz CT molecular complexity index is 1140. The summed E-state index contributed by atoms with van der Waals surface area (Å²) in [4.78, 5) is 0.253. The summed E-state index contributed by atoms with van der Waals surface area (Å²) in [5, 5.41) is 0. The van der Waals surface area contributed by atoms with Crippen LogP contribution in [0.4, 0.5) is 0 Å². The van der Waals surface area contributed by atoms with E-state index in [0.29, 0.717) is 6.42 Å². The highest BCUT2D eigenvalue weighted by Gasteiger charge is 2.43. The van der Waals surface area contributed by atoms with Gasteiger partial charge in [0.15, 0.2) is 6.23 Å². The van der Waals surface area contributed by atoms with E-state index < -0.39 is 22.3 Å². The van der Waals surface area contributed by atoms with E-state index in [2.05, 4.69) is 18.7 Å². The van der Waals surface area contributed by atoms with Gasteiger partial charge in [-0.25, -0.2) is 8.42 Å². The van der Waals surface area contributed by atoms with Crippen molar-refractivity contribution in [3.63, 3.8) is 0 Å². The summed E-state index contributed by atoms with van der Waals surface area (Å²) in [6.07, 6.45) is 1.22. The second-order valence-electron chi connectivity index (χ2n) is 7.99. The van der Waals surface area contributed by atoms with Crippen LogP contribution in [0.25, 0.3) is 0 Å². The van der Waals surface area contributed by atoms with Crippen LogP contribution in [0.2, 0.25) is 0 Å². The lowest BCUT2D eigenvalue weighted by atomic mass is 9.98. The van der Waals surface area contributed by atoms with E-state index in [0.717, 1.165) is 16.7 Å². The molecule has 1 aliphatic rings. The number of hydrogen-bond donors (Lipinski definition) is 0. The Hall–Kier alpha value is -2.73. The first kappa shape index (κ1) is 21.5. The molecular weight excluding hydrogens is 406 g/mol. The van der Waals surface area contributed by atoms with Crippen molar-refractivity contribution in [2.45, 2.75) is 43.5 Å². The maximum atomic E-state index is 13.7. The number of nitrogens with zero attached hydrogens (tertiary/aromatic N) is 1. The van der Waals surface area contributed by atoms with Crippen LogP contribution >= 0.6 is 0 Å². The van der Waals surface area contributed by atoms with Gasteiger partial charge in [-0.1, -0.05) is 83.9 Å². The average molecular weight is 434 g/mol. The van der Waals surface area contributed by atoms with Crippen molar-refractivity contribution >= 4 is 10.0 Å². The second-order valence-corrected chi connectivity index (χ2v) is 9.83. The summed E-state index contributed by atoms with van der Waals surface area (Å²) in [6.45, 7) is 7.94. The van der Waals surface area contributed by atoms with E-state index in [-0.39, 0.29) is 11.0 Å². The van der Waals surface area contributed by atoms with Crippen LogP contribution in [0.15, 0.2) is 96.4 Å². The maximum Gasteiger partial charge on any atom is 0.246 e. The summed E-state index contributed by atoms with van der Waals surface area (Å²) in [5.41, 5.74) is 4.00. The highest BCUT2D eigenvalue weighted by Crippen LogP contribution is 2.43. The molecule has 3 atom stereocenters. The molecule has 160 valence electrons. The van der Waals surface area contributed by atoms with Crippen LogP contribution in [0, 0.1) is 13.8 Å². The SMILES string of the molecule is C=C[C@H]1C[C@@H](c2ccc(C)cc2)OC(c2ccccc2)N1S(=O)(=O)c1ccc(C)cc1. The van der Waals surface area contributed by atoms with E-state index in [1.165, 1.54) is 9.87 Å². The van der Waals surface area contributed by atoms with Gasteiger partial charge >= 0.3 is 0 Å². The van der Waals surface area contributed by atoms with Gasteiger partial charge in [0, 0.05) is 6.04 Å². The Balaban J connectivity index is 1.79. The average Bonchev–Trinajstić information content (AvgIpc) is 2.79. The van der Waals surface area contributed by atoms with Crippen molar-refractivity contribution in [2.24, 2.45) is 0 Å². The molecule has 31 heavy (non-hydrogen) atoms. The van der Waals surface area contributed by atoms with Crippen LogP contribution in [0.5, 0.6) is 0 Å². The minimum absolute atomic E-state index is 0.238. The molecule has 0 radical (unpaired) electrons. The normalized spacial score (nSPS) is 22.2. The zero-order chi connectivity index (χ0) is 22.0. The lowest BCUT2D eigenvalue weighted by molar-refractivity contribution is -0.125. The van der Waals surface area contributed by atoms with E-state index in [4.69, 9.17) is 4.74 Å². The molecule has 1 aliphatic heterocycles. The molecule has 0 spiro atoms. The lowest BCUT2D eigenvalue weighted by Gasteiger charge is -2.43. The van der Waals surface area contributed by atoms with Gasteiger partial charge in [-0.05, 0) is 43.5 Å². The van der Waals surface area contributed by atoms with Crippen LogP contribution in [-0.4, -0.2) is 18.8 Å². The number of benzene rings is 3. The molecule has 0 bridgehead atoms. The fourth-order valence-electron chi connectivity index (χ4n) is 3.94. The summed E-state index contributed by atoms with van der Waals surface area (Å²) in [7, 11) is -3.81. The van der Waals surface area contributed by atoms with Gasteiger partial charge in [-0.2, -0.15) is 4.31 Å². The molecule has 0 N–H and O–H groups in total. The predicted octanol–water partition coefficient (Wildman–Crippen LogP) is 5.71. The molecule has 0 amide bonds. The molecule has 4 nitrogen and oxygen atoms in total. The van der Waals surface area contributed by atoms with E-state index in [9.17, 15) is 8.42 Å². The Morgan fingerprint density at radius 2 is 1.45 bits per heavy atom. The third-order valence-electron chi connectivity index (χ3n) is 5.71. The van der Waals surface area contributed by atoms with Gasteiger partial charge < -0.3 is 4.74 Å². The van der Waals surface area contributed by atoms with Gasteiger partial charge in [0.2, 0.25) is 10.0 Å². The number of aryl methyl sites for hydroxylation is 2. The maximum absolute atomic E-state index is 13.7. The minimum Gasteiger partial charge on any atom is -0.350 e. The topological polar surface area (TPSA) is 46.6 Å². The van der Waals surface area contributed by atoms with E-state index in [1.54, 1.807) is 18.2 Å². The van der Waals surface area contributed by atoms with Crippen molar-refractivity contribution in [1.29, 1.82) is 0 Å². The van der Waals surface area contributed by atoms with E-state index >= 15 is 0 Å². The Labute approximate surface area is 184 Å². The predicted molar refractivity (Wildman–Crippen MR) is 123 cm³/mol. The Kier molecular flexibility index (Phi) is 6.10. The zero-order valence-electron chi connectivity index (χ0n) is 17.8. The summed E-state index contributed by atoms with van der Waals surface area (Å²) >= 11 is 0. The van der Waals surface area contributed by atoms with Crippen LogP contribution in [0.3, 0.4) is 0 Å². The van der Waals surface area contributed by atoms with Crippen molar-refractivity contribution < 1.29 is 13.2 Å². The summed E-state index contributed by atoms with van der Waals surface area (Å²) in [6, 6.07) is 24.2. The van der Waals surface area contributed by atoms with Crippen molar-refractivity contribution in [3.05, 3.63) is 114 Å². The highest BCUT2D eigenvalue weighted by atomic mass is 32.2.